The number of aryl methyl sites for hydroxylation is 1. The highest BCUT2D eigenvalue weighted by molar-refractivity contribution is 7.19. The number of amides is 2. The second kappa shape index (κ2) is 9.04. The fourth-order valence-electron chi connectivity index (χ4n) is 5.48. The first-order chi connectivity index (χ1) is 16.3. The van der Waals surface area contributed by atoms with Gasteiger partial charge in [-0.1, -0.05) is 50.3 Å². The van der Waals surface area contributed by atoms with Gasteiger partial charge in [0.2, 0.25) is 5.91 Å². The van der Waals surface area contributed by atoms with Crippen LogP contribution in [0.2, 0.25) is 5.02 Å². The van der Waals surface area contributed by atoms with Gasteiger partial charge in [-0.2, -0.15) is 0 Å². The number of hydrogen-bond donors (Lipinski definition) is 1. The van der Waals surface area contributed by atoms with Gasteiger partial charge in [-0.15, -0.1) is 11.3 Å². The predicted octanol–water partition coefficient (Wildman–Crippen LogP) is 6.49. The number of fused-ring (bicyclic) bond motifs is 3. The number of benzene rings is 1. The highest BCUT2D eigenvalue weighted by atomic mass is 35.5. The number of nitrogens with zero attached hydrogens (tertiary/aromatic N) is 2. The lowest BCUT2D eigenvalue weighted by atomic mass is 9.92. The van der Waals surface area contributed by atoms with Gasteiger partial charge in [0.25, 0.3) is 5.91 Å². The molecule has 7 heteroatoms. The van der Waals surface area contributed by atoms with Crippen molar-refractivity contribution in [3.8, 4) is 0 Å². The maximum atomic E-state index is 14.1. The van der Waals surface area contributed by atoms with Crippen molar-refractivity contribution < 1.29 is 9.59 Å². The van der Waals surface area contributed by atoms with Crippen molar-refractivity contribution in [1.82, 2.24) is 9.88 Å². The van der Waals surface area contributed by atoms with Gasteiger partial charge >= 0.3 is 0 Å². The van der Waals surface area contributed by atoms with Crippen molar-refractivity contribution in [2.75, 3.05) is 4.90 Å². The van der Waals surface area contributed by atoms with Crippen LogP contribution in [0.15, 0.2) is 30.3 Å². The lowest BCUT2D eigenvalue weighted by Crippen LogP contribution is -2.65. The van der Waals surface area contributed by atoms with Gasteiger partial charge in [-0.25, -0.2) is 0 Å². The number of hydrogen-bond acceptors (Lipinski definition) is 3. The minimum Gasteiger partial charge on any atom is -0.351 e. The van der Waals surface area contributed by atoms with Crippen LogP contribution in [0.25, 0.3) is 10.2 Å². The van der Waals surface area contributed by atoms with E-state index in [4.69, 9.17) is 11.6 Å². The van der Waals surface area contributed by atoms with Gasteiger partial charge < -0.3 is 9.88 Å². The molecule has 2 amide bonds. The van der Waals surface area contributed by atoms with E-state index in [1.54, 1.807) is 16.2 Å². The third kappa shape index (κ3) is 3.85. The van der Waals surface area contributed by atoms with Gasteiger partial charge in [-0.05, 0) is 62.9 Å². The van der Waals surface area contributed by atoms with E-state index >= 15 is 0 Å². The average Bonchev–Trinajstić information content (AvgIpc) is 3.25. The highest BCUT2D eigenvalue weighted by Gasteiger charge is 2.49. The first-order valence-corrected chi connectivity index (χ1v) is 13.6. The van der Waals surface area contributed by atoms with Gasteiger partial charge in [-0.3, -0.25) is 14.5 Å². The molecule has 5 nitrogen and oxygen atoms in total. The lowest BCUT2D eigenvalue weighted by Gasteiger charge is -2.45. The summed E-state index contributed by atoms with van der Waals surface area (Å²) in [6.07, 6.45) is 7.65. The molecule has 1 aliphatic heterocycles. The number of carbonyl (C=O) groups excluding carboxylic acids is 2. The SMILES string of the molecule is CCc1cc2c(cc3n2C[C@@](C)(C(=O)NC2CCCCCC2)N(c2cccc(Cl)c2C)C3=O)s1. The first-order valence-electron chi connectivity index (χ1n) is 12.4. The molecular formula is C27H32ClN3O2S. The van der Waals surface area contributed by atoms with Crippen LogP contribution in [-0.2, 0) is 17.8 Å². The number of anilines is 1. The van der Waals surface area contributed by atoms with Gasteiger partial charge in [0, 0.05) is 21.6 Å². The van der Waals surface area contributed by atoms with Crippen molar-refractivity contribution in [1.29, 1.82) is 0 Å². The van der Waals surface area contributed by atoms with Crippen LogP contribution < -0.4 is 10.2 Å². The molecule has 3 aromatic rings. The van der Waals surface area contributed by atoms with Crippen LogP contribution in [-0.4, -0.2) is 28.0 Å². The quantitative estimate of drug-likeness (QED) is 0.419. The van der Waals surface area contributed by atoms with Crippen molar-refractivity contribution in [2.45, 2.75) is 83.8 Å². The van der Waals surface area contributed by atoms with Crippen molar-refractivity contribution in [3.05, 3.63) is 51.5 Å². The Labute approximate surface area is 210 Å². The van der Waals surface area contributed by atoms with Crippen molar-refractivity contribution in [3.63, 3.8) is 0 Å². The van der Waals surface area contributed by atoms with Crippen LogP contribution >= 0.6 is 22.9 Å². The van der Waals surface area contributed by atoms with Gasteiger partial charge in [0.15, 0.2) is 0 Å². The van der Waals surface area contributed by atoms with Crippen LogP contribution in [0.1, 0.15) is 73.3 Å². The first kappa shape index (κ1) is 23.4. The van der Waals surface area contributed by atoms with E-state index in [1.807, 2.05) is 38.1 Å². The van der Waals surface area contributed by atoms with E-state index in [0.29, 0.717) is 22.9 Å². The molecule has 1 atom stereocenters. The van der Waals surface area contributed by atoms with E-state index in [1.165, 1.54) is 17.7 Å². The minimum absolute atomic E-state index is 0.0921. The summed E-state index contributed by atoms with van der Waals surface area (Å²) in [5, 5.41) is 3.92. The summed E-state index contributed by atoms with van der Waals surface area (Å²) >= 11 is 8.19. The van der Waals surface area contributed by atoms with Crippen molar-refractivity contribution >= 4 is 50.7 Å². The van der Waals surface area contributed by atoms with Crippen LogP contribution in [0, 0.1) is 6.92 Å². The zero-order valence-corrected chi connectivity index (χ0v) is 21.7. The largest absolute Gasteiger partial charge is 0.351 e. The Balaban J connectivity index is 1.62. The van der Waals surface area contributed by atoms with Crippen LogP contribution in [0.4, 0.5) is 5.69 Å². The van der Waals surface area contributed by atoms with Crippen molar-refractivity contribution in [2.24, 2.45) is 0 Å². The number of halogens is 1. The van der Waals surface area contributed by atoms with Crippen LogP contribution in [0.3, 0.4) is 0 Å². The Morgan fingerprint density at radius 3 is 2.65 bits per heavy atom. The maximum absolute atomic E-state index is 14.1. The standard InChI is InChI=1S/C27H32ClN3O2S/c1-4-19-14-22-24(34-19)15-23-25(32)31(21-13-9-12-20(28)17(21)2)27(3,16-30(22)23)26(33)29-18-10-7-5-6-8-11-18/h9,12-15,18H,4-8,10-11,16H2,1-3H3,(H,29,33)/t27-/m0/s1. The molecule has 0 saturated heterocycles. The van der Waals surface area contributed by atoms with Gasteiger partial charge in [0.05, 0.1) is 16.8 Å². The molecule has 3 heterocycles. The molecule has 1 saturated carbocycles. The van der Waals surface area contributed by atoms with E-state index in [-0.39, 0.29) is 17.9 Å². The zero-order chi connectivity index (χ0) is 24.0. The molecule has 1 fully saturated rings. The molecule has 0 unspecified atom stereocenters. The Bertz CT molecular complexity index is 1250. The van der Waals surface area contributed by atoms with E-state index in [9.17, 15) is 9.59 Å². The molecule has 0 spiro atoms. The molecule has 0 bridgehead atoms. The fraction of sp³-hybridized carbons (Fsp3) is 0.481. The van der Waals surface area contributed by atoms with E-state index in [2.05, 4.69) is 22.9 Å². The summed E-state index contributed by atoms with van der Waals surface area (Å²) < 4.78 is 3.15. The third-order valence-corrected chi connectivity index (χ3v) is 9.16. The number of carbonyl (C=O) groups is 2. The molecule has 1 N–H and O–H groups in total. The molecule has 1 aromatic carbocycles. The minimum atomic E-state index is -1.08. The second-order valence-corrected chi connectivity index (χ2v) is 11.5. The second-order valence-electron chi connectivity index (χ2n) is 9.89. The maximum Gasteiger partial charge on any atom is 0.275 e. The van der Waals surface area contributed by atoms with E-state index < -0.39 is 5.54 Å². The zero-order valence-electron chi connectivity index (χ0n) is 20.1. The molecule has 2 aliphatic rings. The topological polar surface area (TPSA) is 54.3 Å². The summed E-state index contributed by atoms with van der Waals surface area (Å²) in [4.78, 5) is 31.0. The van der Waals surface area contributed by atoms with Gasteiger partial charge in [0.1, 0.15) is 11.2 Å². The number of aromatic nitrogens is 1. The normalized spacial score (nSPS) is 21.5. The molecular weight excluding hydrogens is 466 g/mol. The number of nitrogens with one attached hydrogen (secondary N) is 1. The smallest absolute Gasteiger partial charge is 0.275 e. The fourth-order valence-corrected chi connectivity index (χ4v) is 6.69. The number of rotatable bonds is 4. The molecule has 5 rings (SSSR count). The molecule has 0 radical (unpaired) electrons. The Hall–Kier alpha value is -2.31. The summed E-state index contributed by atoms with van der Waals surface area (Å²) in [7, 11) is 0. The summed E-state index contributed by atoms with van der Waals surface area (Å²) in [5.74, 6) is -0.248. The third-order valence-electron chi connectivity index (χ3n) is 7.53. The van der Waals surface area contributed by atoms with E-state index in [0.717, 1.165) is 47.9 Å². The summed E-state index contributed by atoms with van der Waals surface area (Å²) in [6.45, 7) is 6.36. The monoisotopic (exact) mass is 497 g/mol. The predicted molar refractivity (Wildman–Crippen MR) is 140 cm³/mol. The lowest BCUT2D eigenvalue weighted by molar-refractivity contribution is -0.127. The summed E-state index contributed by atoms with van der Waals surface area (Å²) in [6, 6.07) is 9.87. The molecule has 34 heavy (non-hydrogen) atoms. The average molecular weight is 498 g/mol. The Morgan fingerprint density at radius 2 is 1.94 bits per heavy atom. The Morgan fingerprint density at radius 1 is 1.21 bits per heavy atom. The summed E-state index contributed by atoms with van der Waals surface area (Å²) in [5.41, 5.74) is 2.10. The molecule has 2 aromatic heterocycles. The molecule has 1 aliphatic carbocycles. The Kier molecular flexibility index (Phi) is 6.23. The highest BCUT2D eigenvalue weighted by Crippen LogP contribution is 2.40. The molecule has 180 valence electrons. The van der Waals surface area contributed by atoms with Crippen LogP contribution in [0.5, 0.6) is 0 Å². The number of thiophene rings is 1.